The van der Waals surface area contributed by atoms with Crippen molar-refractivity contribution in [3.8, 4) is 0 Å². The van der Waals surface area contributed by atoms with Crippen LogP contribution in [0.1, 0.15) is 5.69 Å². The molecule has 0 amide bonds. The molecule has 1 aromatic rings. The number of rotatable bonds is 3. The van der Waals surface area contributed by atoms with Gasteiger partial charge in [0.2, 0.25) is 0 Å². The predicted octanol–water partition coefficient (Wildman–Crippen LogP) is 1.58. The van der Waals surface area contributed by atoms with Crippen molar-refractivity contribution in [3.63, 3.8) is 0 Å². The number of nitrogens with zero attached hydrogens (tertiary/aromatic N) is 1. The van der Waals surface area contributed by atoms with Crippen LogP contribution in [-0.2, 0) is 0 Å². The summed E-state index contributed by atoms with van der Waals surface area (Å²) < 4.78 is 0. The highest BCUT2D eigenvalue weighted by Gasteiger charge is 2.06. The Kier molecular flexibility index (Phi) is 2.73. The number of nitrogens with one attached hydrogen (secondary N) is 3. The topological polar surface area (TPSA) is 64.6 Å². The number of imidazole rings is 1. The molecule has 0 saturated heterocycles. The number of aromatic nitrogens is 2. The largest absolute Gasteiger partial charge is 0.355 e. The van der Waals surface area contributed by atoms with Crippen molar-refractivity contribution in [1.29, 1.82) is 5.41 Å². The molecule has 0 saturated carbocycles. The molecule has 0 spiro atoms. The number of H-pyrrole nitrogens is 1. The summed E-state index contributed by atoms with van der Waals surface area (Å²) in [6.07, 6.45) is 1.45. The van der Waals surface area contributed by atoms with E-state index in [1.807, 2.05) is 0 Å². The number of alkyl halides is 1. The van der Waals surface area contributed by atoms with Gasteiger partial charge in [-0.3, -0.25) is 5.41 Å². The first-order valence-corrected chi connectivity index (χ1v) is 3.74. The van der Waals surface area contributed by atoms with E-state index in [9.17, 15) is 0 Å². The molecule has 0 radical (unpaired) electrons. The number of anilines is 1. The monoisotopic (exact) mass is 192 g/mol. The van der Waals surface area contributed by atoms with Gasteiger partial charge in [0.1, 0.15) is 10.9 Å². The molecule has 60 valence electrons. The molecule has 3 N–H and O–H groups in total. The van der Waals surface area contributed by atoms with Crippen molar-refractivity contribution < 1.29 is 0 Å². The Hall–Kier alpha value is -0.740. The summed E-state index contributed by atoms with van der Waals surface area (Å²) >= 11 is 10.8. The van der Waals surface area contributed by atoms with Crippen molar-refractivity contribution in [2.24, 2.45) is 0 Å². The lowest BCUT2D eigenvalue weighted by Gasteiger charge is -1.98. The summed E-state index contributed by atoms with van der Waals surface area (Å²) in [5.74, 6) is 0.500. The van der Waals surface area contributed by atoms with Gasteiger partial charge in [0.15, 0.2) is 5.82 Å². The highest BCUT2D eigenvalue weighted by atomic mass is 35.5. The molecule has 0 aromatic carbocycles. The van der Waals surface area contributed by atoms with E-state index in [0.717, 1.165) is 0 Å². The fourth-order valence-corrected chi connectivity index (χ4v) is 0.930. The van der Waals surface area contributed by atoms with Gasteiger partial charge >= 0.3 is 0 Å². The van der Waals surface area contributed by atoms with Crippen molar-refractivity contribution in [2.45, 2.75) is 0 Å². The molecule has 6 heteroatoms. The molecule has 4 nitrogen and oxygen atoms in total. The Morgan fingerprint density at radius 1 is 1.82 bits per heavy atom. The Balaban J connectivity index is 2.87. The average Bonchev–Trinajstić information content (AvgIpc) is 2.36. The molecular formula is C5H6Cl2N4. The first kappa shape index (κ1) is 8.36. The van der Waals surface area contributed by atoms with Gasteiger partial charge in [-0.25, -0.2) is 4.98 Å². The van der Waals surface area contributed by atoms with E-state index >= 15 is 0 Å². The van der Waals surface area contributed by atoms with E-state index < -0.39 is 0 Å². The molecule has 0 bridgehead atoms. The molecule has 1 heterocycles. The second-order valence-corrected chi connectivity index (χ2v) is 2.40. The van der Waals surface area contributed by atoms with Gasteiger partial charge in [0.25, 0.3) is 0 Å². The molecule has 0 aliphatic rings. The van der Waals surface area contributed by atoms with E-state index in [0.29, 0.717) is 11.5 Å². The Bertz CT molecular complexity index is 257. The summed E-state index contributed by atoms with van der Waals surface area (Å²) in [5.41, 5.74) is 0.451. The van der Waals surface area contributed by atoms with E-state index in [1.165, 1.54) is 6.33 Å². The van der Waals surface area contributed by atoms with Crippen LogP contribution in [0.4, 0.5) is 5.82 Å². The molecule has 0 aliphatic heterocycles. The molecule has 0 fully saturated rings. The van der Waals surface area contributed by atoms with E-state index in [2.05, 4.69) is 15.3 Å². The fourth-order valence-electron chi connectivity index (χ4n) is 0.659. The average molecular weight is 193 g/mol. The predicted molar refractivity (Wildman–Crippen MR) is 45.6 cm³/mol. The zero-order valence-electron chi connectivity index (χ0n) is 5.49. The molecule has 0 atom stereocenters. The number of hydrogen-bond donors (Lipinski definition) is 3. The third-order valence-corrected chi connectivity index (χ3v) is 1.42. The van der Waals surface area contributed by atoms with Gasteiger partial charge in [-0.1, -0.05) is 11.6 Å². The van der Waals surface area contributed by atoms with Crippen LogP contribution in [0, 0.1) is 5.41 Å². The minimum Gasteiger partial charge on any atom is -0.355 e. The lowest BCUT2D eigenvalue weighted by atomic mass is 10.5. The SMILES string of the molecule is N=C(Cl)c1[nH]cnc1NCCl. The Morgan fingerprint density at radius 2 is 2.55 bits per heavy atom. The van der Waals surface area contributed by atoms with Crippen LogP contribution in [0.15, 0.2) is 6.33 Å². The summed E-state index contributed by atoms with van der Waals surface area (Å²) in [6.45, 7) is 0. The van der Waals surface area contributed by atoms with Crippen molar-refractivity contribution in [2.75, 3.05) is 11.3 Å². The molecule has 1 rings (SSSR count). The minimum atomic E-state index is -0.0879. The van der Waals surface area contributed by atoms with Crippen LogP contribution < -0.4 is 5.32 Å². The Labute approximate surface area is 73.4 Å². The first-order valence-electron chi connectivity index (χ1n) is 2.83. The van der Waals surface area contributed by atoms with Gasteiger partial charge in [-0.2, -0.15) is 0 Å². The molecule has 11 heavy (non-hydrogen) atoms. The van der Waals surface area contributed by atoms with Crippen LogP contribution >= 0.6 is 23.2 Å². The second kappa shape index (κ2) is 3.59. The second-order valence-electron chi connectivity index (χ2n) is 1.75. The minimum absolute atomic E-state index is 0.0879. The quantitative estimate of drug-likeness (QED) is 0.387. The third kappa shape index (κ3) is 1.85. The van der Waals surface area contributed by atoms with Crippen LogP contribution in [0.5, 0.6) is 0 Å². The lowest BCUT2D eigenvalue weighted by molar-refractivity contribution is 1.29. The fraction of sp³-hybridized carbons (Fsp3) is 0.200. The Morgan fingerprint density at radius 3 is 3.09 bits per heavy atom. The number of halogens is 2. The van der Waals surface area contributed by atoms with E-state index in [-0.39, 0.29) is 11.2 Å². The molecule has 0 unspecified atom stereocenters. The van der Waals surface area contributed by atoms with Crippen molar-refractivity contribution in [3.05, 3.63) is 12.0 Å². The van der Waals surface area contributed by atoms with Gasteiger partial charge in [-0.15, -0.1) is 11.6 Å². The summed E-state index contributed by atoms with van der Waals surface area (Å²) in [5, 5.41) is 9.73. The van der Waals surface area contributed by atoms with Gasteiger partial charge in [-0.05, 0) is 0 Å². The lowest BCUT2D eigenvalue weighted by Crippen LogP contribution is -2.00. The third-order valence-electron chi connectivity index (χ3n) is 1.09. The van der Waals surface area contributed by atoms with Crippen LogP contribution in [0.3, 0.4) is 0 Å². The van der Waals surface area contributed by atoms with E-state index in [4.69, 9.17) is 28.6 Å². The zero-order chi connectivity index (χ0) is 8.27. The van der Waals surface area contributed by atoms with Crippen LogP contribution in [0.2, 0.25) is 0 Å². The van der Waals surface area contributed by atoms with Crippen LogP contribution in [0.25, 0.3) is 0 Å². The zero-order valence-corrected chi connectivity index (χ0v) is 7.00. The summed E-state index contributed by atoms with van der Waals surface area (Å²) in [7, 11) is 0. The normalized spacial score (nSPS) is 9.64. The maximum Gasteiger partial charge on any atom is 0.155 e. The summed E-state index contributed by atoms with van der Waals surface area (Å²) in [4.78, 5) is 6.55. The van der Waals surface area contributed by atoms with Crippen molar-refractivity contribution in [1.82, 2.24) is 9.97 Å². The standard InChI is InChI=1S/C5H6Cl2N4/c6-1-9-5-3(4(7)8)10-2-11-5/h2,8-9H,1H2,(H,10,11). The van der Waals surface area contributed by atoms with Crippen molar-refractivity contribution >= 4 is 34.2 Å². The number of aromatic amines is 1. The highest BCUT2D eigenvalue weighted by molar-refractivity contribution is 6.68. The smallest absolute Gasteiger partial charge is 0.155 e. The van der Waals surface area contributed by atoms with Gasteiger partial charge in [0, 0.05) is 0 Å². The number of hydrogen-bond acceptors (Lipinski definition) is 3. The summed E-state index contributed by atoms with van der Waals surface area (Å²) in [6, 6.07) is 0.238. The van der Waals surface area contributed by atoms with Gasteiger partial charge < -0.3 is 10.3 Å². The van der Waals surface area contributed by atoms with Gasteiger partial charge in [0.05, 0.1) is 12.3 Å². The maximum absolute atomic E-state index is 7.08. The first-order chi connectivity index (χ1) is 5.25. The van der Waals surface area contributed by atoms with E-state index in [1.54, 1.807) is 0 Å². The molecule has 1 aromatic heterocycles. The highest BCUT2D eigenvalue weighted by Crippen LogP contribution is 2.11. The van der Waals surface area contributed by atoms with Crippen LogP contribution in [-0.4, -0.2) is 21.1 Å². The molecule has 0 aliphatic carbocycles. The maximum atomic E-state index is 7.08. The molecular weight excluding hydrogens is 187 g/mol.